The zero-order valence-corrected chi connectivity index (χ0v) is 15.5. The summed E-state index contributed by atoms with van der Waals surface area (Å²) in [6, 6.07) is 9.41. The monoisotopic (exact) mass is 372 g/mol. The van der Waals surface area contributed by atoms with Crippen molar-refractivity contribution in [2.75, 3.05) is 7.11 Å². The number of para-hydroxylation sites is 1. The standard InChI is InChI=1S/C19H20N2O4S/c1-3-11-9-15(19(24-2)16(10-11)26(20,22)23)17-14-6-4-5-13(12-7-8-12)18(14)25-21-17/h4-6,9-10,12H,3,7-8H2,1-2H3,(H2,20,22,23). The lowest BCUT2D eigenvalue weighted by atomic mass is 10.0. The fourth-order valence-electron chi connectivity index (χ4n) is 3.35. The summed E-state index contributed by atoms with van der Waals surface area (Å²) in [5.74, 6) is 0.708. The molecule has 6 nitrogen and oxygen atoms in total. The van der Waals surface area contributed by atoms with Crippen molar-refractivity contribution in [2.45, 2.75) is 37.0 Å². The molecule has 7 heteroatoms. The third-order valence-corrected chi connectivity index (χ3v) is 5.75. The van der Waals surface area contributed by atoms with E-state index in [1.807, 2.05) is 25.1 Å². The van der Waals surface area contributed by atoms with Crippen molar-refractivity contribution >= 4 is 21.0 Å². The van der Waals surface area contributed by atoms with Gasteiger partial charge in [0, 0.05) is 11.1 Å². The molecule has 1 aromatic heterocycles. The van der Waals surface area contributed by atoms with Gasteiger partial charge in [-0.2, -0.15) is 0 Å². The van der Waals surface area contributed by atoms with Crippen molar-refractivity contribution in [1.29, 1.82) is 0 Å². The van der Waals surface area contributed by atoms with Crippen LogP contribution in [0.2, 0.25) is 0 Å². The first-order valence-corrected chi connectivity index (χ1v) is 10.1. The van der Waals surface area contributed by atoms with Gasteiger partial charge in [-0.15, -0.1) is 0 Å². The van der Waals surface area contributed by atoms with E-state index in [4.69, 9.17) is 14.4 Å². The topological polar surface area (TPSA) is 95.4 Å². The molecular formula is C19H20N2O4S. The van der Waals surface area contributed by atoms with E-state index in [0.717, 1.165) is 34.9 Å². The molecule has 0 unspecified atom stereocenters. The fraction of sp³-hybridized carbons (Fsp3) is 0.316. The van der Waals surface area contributed by atoms with Crippen LogP contribution in [0.4, 0.5) is 0 Å². The molecule has 2 aromatic carbocycles. The molecule has 1 fully saturated rings. The maximum atomic E-state index is 12.1. The smallest absolute Gasteiger partial charge is 0.241 e. The fourth-order valence-corrected chi connectivity index (χ4v) is 4.12. The minimum atomic E-state index is -3.94. The molecule has 0 saturated heterocycles. The van der Waals surface area contributed by atoms with E-state index in [1.54, 1.807) is 6.07 Å². The van der Waals surface area contributed by atoms with Crippen molar-refractivity contribution in [2.24, 2.45) is 5.14 Å². The van der Waals surface area contributed by atoms with Crippen LogP contribution in [0.3, 0.4) is 0 Å². The second kappa shape index (κ2) is 6.10. The average Bonchev–Trinajstić information content (AvgIpc) is 3.38. The number of nitrogens with two attached hydrogens (primary N) is 1. The number of aryl methyl sites for hydroxylation is 1. The van der Waals surface area contributed by atoms with Crippen LogP contribution in [0.1, 0.15) is 36.8 Å². The highest BCUT2D eigenvalue weighted by Gasteiger charge is 2.29. The summed E-state index contributed by atoms with van der Waals surface area (Å²) in [5.41, 5.74) is 3.88. The normalized spacial score (nSPS) is 14.7. The highest BCUT2D eigenvalue weighted by molar-refractivity contribution is 7.89. The zero-order valence-electron chi connectivity index (χ0n) is 14.7. The molecular weight excluding hydrogens is 352 g/mol. The molecule has 1 heterocycles. The predicted octanol–water partition coefficient (Wildman–Crippen LogP) is 3.59. The van der Waals surface area contributed by atoms with E-state index in [-0.39, 0.29) is 10.6 Å². The van der Waals surface area contributed by atoms with Crippen LogP contribution < -0.4 is 9.88 Å². The summed E-state index contributed by atoms with van der Waals surface area (Å²) in [6.07, 6.45) is 2.96. The van der Waals surface area contributed by atoms with Gasteiger partial charge in [0.1, 0.15) is 16.3 Å². The molecule has 1 saturated carbocycles. The Labute approximate surface area is 152 Å². The number of rotatable bonds is 5. The molecule has 3 aromatic rings. The molecule has 136 valence electrons. The second-order valence-corrected chi connectivity index (χ2v) is 8.13. The lowest BCUT2D eigenvalue weighted by Gasteiger charge is -2.13. The quantitative estimate of drug-likeness (QED) is 0.738. The molecule has 0 atom stereocenters. The summed E-state index contributed by atoms with van der Waals surface area (Å²) < 4.78 is 35.2. The number of sulfonamides is 1. The van der Waals surface area contributed by atoms with Gasteiger partial charge in [-0.05, 0) is 48.9 Å². The second-order valence-electron chi connectivity index (χ2n) is 6.60. The Balaban J connectivity index is 2.01. The van der Waals surface area contributed by atoms with E-state index in [0.29, 0.717) is 23.6 Å². The van der Waals surface area contributed by atoms with Crippen molar-refractivity contribution in [3.8, 4) is 17.0 Å². The third-order valence-electron chi connectivity index (χ3n) is 4.83. The van der Waals surface area contributed by atoms with Crippen LogP contribution in [0.25, 0.3) is 22.2 Å². The third kappa shape index (κ3) is 2.77. The van der Waals surface area contributed by atoms with Crippen molar-refractivity contribution < 1.29 is 17.7 Å². The van der Waals surface area contributed by atoms with Gasteiger partial charge < -0.3 is 9.26 Å². The number of primary sulfonamides is 1. The van der Waals surface area contributed by atoms with Gasteiger partial charge >= 0.3 is 0 Å². The van der Waals surface area contributed by atoms with Gasteiger partial charge in [-0.3, -0.25) is 0 Å². The summed E-state index contributed by atoms with van der Waals surface area (Å²) in [4.78, 5) is -0.0381. The maximum Gasteiger partial charge on any atom is 0.241 e. The summed E-state index contributed by atoms with van der Waals surface area (Å²) >= 11 is 0. The van der Waals surface area contributed by atoms with Crippen molar-refractivity contribution in [3.05, 3.63) is 41.5 Å². The van der Waals surface area contributed by atoms with Gasteiger partial charge in [-0.25, -0.2) is 13.6 Å². The first kappa shape index (κ1) is 17.1. The minimum absolute atomic E-state index is 0.0381. The van der Waals surface area contributed by atoms with E-state index in [2.05, 4.69) is 11.2 Å². The predicted molar refractivity (Wildman–Crippen MR) is 98.7 cm³/mol. The Kier molecular flexibility index (Phi) is 4.00. The Morgan fingerprint density at radius 1 is 1.31 bits per heavy atom. The van der Waals surface area contributed by atoms with Gasteiger partial charge in [0.05, 0.1) is 12.5 Å². The largest absolute Gasteiger partial charge is 0.495 e. The van der Waals surface area contributed by atoms with E-state index in [9.17, 15) is 8.42 Å². The molecule has 0 amide bonds. The van der Waals surface area contributed by atoms with Crippen LogP contribution >= 0.6 is 0 Å². The molecule has 26 heavy (non-hydrogen) atoms. The van der Waals surface area contributed by atoms with Crippen LogP contribution in [-0.4, -0.2) is 20.7 Å². The molecule has 1 aliphatic carbocycles. The minimum Gasteiger partial charge on any atom is -0.495 e. The SMILES string of the molecule is CCc1cc(-c2noc3c(C4CC4)cccc23)c(OC)c(S(N)(=O)=O)c1. The number of aromatic nitrogens is 1. The Morgan fingerprint density at radius 2 is 2.08 bits per heavy atom. The summed E-state index contributed by atoms with van der Waals surface area (Å²) in [7, 11) is -2.51. The molecule has 0 bridgehead atoms. The number of fused-ring (bicyclic) bond motifs is 1. The average molecular weight is 372 g/mol. The summed E-state index contributed by atoms with van der Waals surface area (Å²) in [5, 5.41) is 10.5. The van der Waals surface area contributed by atoms with E-state index in [1.165, 1.54) is 7.11 Å². The number of methoxy groups -OCH3 is 1. The van der Waals surface area contributed by atoms with Crippen molar-refractivity contribution in [3.63, 3.8) is 0 Å². The van der Waals surface area contributed by atoms with Crippen LogP contribution in [-0.2, 0) is 16.4 Å². The zero-order chi connectivity index (χ0) is 18.5. The van der Waals surface area contributed by atoms with Crippen LogP contribution in [0, 0.1) is 0 Å². The van der Waals surface area contributed by atoms with Gasteiger partial charge in [0.15, 0.2) is 5.58 Å². The highest BCUT2D eigenvalue weighted by Crippen LogP contribution is 2.45. The Bertz CT molecular complexity index is 1100. The number of hydrogen-bond donors (Lipinski definition) is 1. The van der Waals surface area contributed by atoms with Gasteiger partial charge in [0.25, 0.3) is 0 Å². The maximum absolute atomic E-state index is 12.1. The van der Waals surface area contributed by atoms with E-state index < -0.39 is 10.0 Å². The highest BCUT2D eigenvalue weighted by atomic mass is 32.2. The molecule has 1 aliphatic rings. The molecule has 2 N–H and O–H groups in total. The molecule has 0 radical (unpaired) electrons. The lowest BCUT2D eigenvalue weighted by Crippen LogP contribution is -2.14. The molecule has 0 aliphatic heterocycles. The number of hydrogen-bond acceptors (Lipinski definition) is 5. The molecule has 0 spiro atoms. The number of nitrogens with zero attached hydrogens (tertiary/aromatic N) is 1. The number of benzene rings is 2. The van der Waals surface area contributed by atoms with Gasteiger partial charge in [0.2, 0.25) is 10.0 Å². The van der Waals surface area contributed by atoms with Crippen molar-refractivity contribution in [1.82, 2.24) is 5.16 Å². The number of ether oxygens (including phenoxy) is 1. The first-order valence-electron chi connectivity index (χ1n) is 8.56. The Morgan fingerprint density at radius 3 is 2.69 bits per heavy atom. The Hall–Kier alpha value is -2.38. The lowest BCUT2D eigenvalue weighted by molar-refractivity contribution is 0.403. The van der Waals surface area contributed by atoms with Crippen LogP contribution in [0.15, 0.2) is 39.8 Å². The first-order chi connectivity index (χ1) is 12.4. The van der Waals surface area contributed by atoms with Crippen LogP contribution in [0.5, 0.6) is 5.75 Å². The van der Waals surface area contributed by atoms with Gasteiger partial charge in [-0.1, -0.05) is 24.2 Å². The summed E-state index contributed by atoms with van der Waals surface area (Å²) in [6.45, 7) is 1.95. The molecule has 4 rings (SSSR count). The van der Waals surface area contributed by atoms with E-state index >= 15 is 0 Å².